The summed E-state index contributed by atoms with van der Waals surface area (Å²) in [5.74, 6) is 1.81. The van der Waals surface area contributed by atoms with E-state index >= 15 is 0 Å². The van der Waals surface area contributed by atoms with Crippen molar-refractivity contribution >= 4 is 33.1 Å². The van der Waals surface area contributed by atoms with E-state index in [-0.39, 0.29) is 34.5 Å². The molecule has 0 radical (unpaired) electrons. The highest BCUT2D eigenvalue weighted by atomic mass is 28.4. The lowest BCUT2D eigenvalue weighted by Crippen LogP contribution is -2.68. The quantitative estimate of drug-likeness (QED) is 0.109. The molecule has 65 heavy (non-hydrogen) atoms. The van der Waals surface area contributed by atoms with Crippen LogP contribution in [-0.4, -0.2) is 95.8 Å². The van der Waals surface area contributed by atoms with Crippen molar-refractivity contribution in [1.82, 2.24) is 4.90 Å². The van der Waals surface area contributed by atoms with E-state index in [9.17, 15) is 4.79 Å². The van der Waals surface area contributed by atoms with Gasteiger partial charge in [0.15, 0.2) is 0 Å². The topological polar surface area (TPSA) is 94.2 Å². The van der Waals surface area contributed by atoms with Crippen molar-refractivity contribution in [3.8, 4) is 5.75 Å². The molecule has 1 amide bonds. The van der Waals surface area contributed by atoms with Crippen LogP contribution < -0.4 is 15.1 Å². The zero-order valence-corrected chi connectivity index (χ0v) is 43.9. The fourth-order valence-electron chi connectivity index (χ4n) is 9.30. The summed E-state index contributed by atoms with van der Waals surface area (Å²) >= 11 is 0. The number of methoxy groups -OCH3 is 1. The number of hydrogen-bond acceptors (Lipinski definition) is 9. The molecule has 0 N–H and O–H groups in total. The van der Waals surface area contributed by atoms with Crippen molar-refractivity contribution in [2.45, 2.75) is 186 Å². The first kappa shape index (κ1) is 50.9. The van der Waals surface area contributed by atoms with Crippen LogP contribution in [-0.2, 0) is 39.1 Å². The molecule has 2 saturated heterocycles. The second-order valence-electron chi connectivity index (χ2n) is 22.3. The van der Waals surface area contributed by atoms with Crippen LogP contribution in [0.2, 0.25) is 23.2 Å². The third kappa shape index (κ3) is 12.5. The molecule has 3 aromatic rings. The fraction of sp³-hybridized carbons (Fsp3) is 0.604. The Morgan fingerprint density at radius 1 is 0.800 bits per heavy atom. The number of nitrogens with zero attached hydrogens (tertiary/aromatic N) is 1. The van der Waals surface area contributed by atoms with Gasteiger partial charge in [0.25, 0.3) is 8.32 Å². The molecular formula is C53H79NO9Si2. The number of ether oxygens (including phenoxy) is 6. The average molecular weight is 930 g/mol. The summed E-state index contributed by atoms with van der Waals surface area (Å²) in [5, 5.41) is 2.25. The average Bonchev–Trinajstić information content (AvgIpc) is 3.55. The summed E-state index contributed by atoms with van der Waals surface area (Å²) in [5.41, 5.74) is -0.489. The summed E-state index contributed by atoms with van der Waals surface area (Å²) in [6, 6.07) is 29.2. The molecule has 0 saturated carbocycles. The number of carbonyl (C=O) groups excluding carboxylic acids is 1. The van der Waals surface area contributed by atoms with Crippen LogP contribution in [0, 0.1) is 0 Å². The van der Waals surface area contributed by atoms with Crippen molar-refractivity contribution < 1.29 is 42.1 Å². The van der Waals surface area contributed by atoms with Gasteiger partial charge in [0, 0.05) is 32.3 Å². The van der Waals surface area contributed by atoms with Crippen LogP contribution in [0.3, 0.4) is 0 Å². The lowest BCUT2D eigenvalue weighted by molar-refractivity contribution is -0.139. The highest BCUT2D eigenvalue weighted by molar-refractivity contribution is 6.99. The van der Waals surface area contributed by atoms with Crippen LogP contribution in [0.25, 0.3) is 0 Å². The number of carbonyl (C=O) groups is 1. The SMILES string of the molecule is COc1ccc(COCC[C@H]2C=C(O[Si](C)(C)C(C)(C)C)C[C@H](C[C@@H]3C[C@@H](O[Si](c4ccccc4)(c4ccccc4)C(C)(C)C)C[C@H]([C@H]4COC(C)(C)N4C(=O)OC(C)(C)C)O3)O2)cc1. The van der Waals surface area contributed by atoms with E-state index in [2.05, 4.69) is 121 Å². The monoisotopic (exact) mass is 930 g/mol. The van der Waals surface area contributed by atoms with Crippen molar-refractivity contribution in [3.63, 3.8) is 0 Å². The highest BCUT2D eigenvalue weighted by Gasteiger charge is 2.55. The zero-order chi connectivity index (χ0) is 47.4. The molecule has 3 aliphatic rings. The van der Waals surface area contributed by atoms with E-state index in [4.69, 9.17) is 37.3 Å². The Morgan fingerprint density at radius 3 is 1.97 bits per heavy atom. The first-order valence-electron chi connectivity index (χ1n) is 23.8. The summed E-state index contributed by atoms with van der Waals surface area (Å²) in [7, 11) is -3.46. The molecule has 3 heterocycles. The first-order chi connectivity index (χ1) is 30.4. The van der Waals surface area contributed by atoms with E-state index in [0.29, 0.717) is 51.9 Å². The van der Waals surface area contributed by atoms with Gasteiger partial charge in [-0.1, -0.05) is 114 Å². The Hall–Kier alpha value is -3.50. The second kappa shape index (κ2) is 20.4. The molecule has 2 fully saturated rings. The smallest absolute Gasteiger partial charge is 0.412 e. The predicted octanol–water partition coefficient (Wildman–Crippen LogP) is 10.9. The van der Waals surface area contributed by atoms with E-state index in [1.54, 1.807) is 12.0 Å². The number of rotatable bonds is 15. The maximum absolute atomic E-state index is 14.1. The first-order valence-corrected chi connectivity index (χ1v) is 28.6. The minimum absolute atomic E-state index is 0.0287. The maximum Gasteiger partial charge on any atom is 0.412 e. The normalized spacial score (nSPS) is 24.3. The molecule has 0 aromatic heterocycles. The highest BCUT2D eigenvalue weighted by Crippen LogP contribution is 2.44. The molecule has 0 aliphatic carbocycles. The van der Waals surface area contributed by atoms with E-state index < -0.39 is 46.2 Å². The Labute approximate surface area is 392 Å². The van der Waals surface area contributed by atoms with Crippen molar-refractivity contribution in [2.75, 3.05) is 20.3 Å². The predicted molar refractivity (Wildman–Crippen MR) is 264 cm³/mol. The molecule has 0 spiro atoms. The molecule has 12 heteroatoms. The van der Waals surface area contributed by atoms with Gasteiger partial charge in [-0.15, -0.1) is 0 Å². The van der Waals surface area contributed by atoms with Gasteiger partial charge in [0.2, 0.25) is 8.32 Å². The van der Waals surface area contributed by atoms with Gasteiger partial charge >= 0.3 is 6.09 Å². The van der Waals surface area contributed by atoms with Gasteiger partial charge < -0.3 is 37.3 Å². The number of benzene rings is 3. The largest absolute Gasteiger partial charge is 0.547 e. The van der Waals surface area contributed by atoms with E-state index in [0.717, 1.165) is 17.1 Å². The Kier molecular flexibility index (Phi) is 16.0. The lowest BCUT2D eigenvalue weighted by atomic mass is 9.92. The fourth-order valence-corrected chi connectivity index (χ4v) is 15.1. The molecule has 0 bridgehead atoms. The maximum atomic E-state index is 14.1. The minimum atomic E-state index is -2.97. The second-order valence-corrected chi connectivity index (χ2v) is 31.2. The summed E-state index contributed by atoms with van der Waals surface area (Å²) in [6.45, 7) is 29.3. The van der Waals surface area contributed by atoms with Crippen LogP contribution in [0.5, 0.6) is 5.75 Å². The van der Waals surface area contributed by atoms with E-state index in [1.165, 1.54) is 10.4 Å². The van der Waals surface area contributed by atoms with Gasteiger partial charge in [-0.3, -0.25) is 4.90 Å². The molecule has 3 aliphatic heterocycles. The molecule has 358 valence electrons. The molecule has 10 nitrogen and oxygen atoms in total. The summed E-state index contributed by atoms with van der Waals surface area (Å²) in [6.07, 6.45) is 3.78. The van der Waals surface area contributed by atoms with E-state index in [1.807, 2.05) is 58.9 Å². The molecule has 6 atom stereocenters. The van der Waals surface area contributed by atoms with Gasteiger partial charge in [-0.2, -0.15) is 0 Å². The number of hydrogen-bond donors (Lipinski definition) is 0. The van der Waals surface area contributed by atoms with Crippen LogP contribution in [0.1, 0.15) is 114 Å². The zero-order valence-electron chi connectivity index (χ0n) is 41.9. The van der Waals surface area contributed by atoms with Crippen molar-refractivity contribution in [2.24, 2.45) is 0 Å². The van der Waals surface area contributed by atoms with Gasteiger partial charge in [-0.05, 0) is 98.4 Å². The van der Waals surface area contributed by atoms with Crippen LogP contribution in [0.15, 0.2) is 96.8 Å². The standard InChI is InChI=1S/C53H79NO9Si2/c1-50(2,3)61-49(55)54-47(37-58-53(54,10)11)48-35-44(63-65(52(7,8)9,45-21-17-15-18-22-45)46-23-19-16-20-24-46)34-42(60-48)32-41-33-43(62-64(13,14)51(4,5)6)31-40(59-41)29-30-57-36-38-25-27-39(56-12)28-26-38/h15-28,31,40-42,44,47-48H,29-30,32-37H2,1-14H3/t40-,41-,42+,44+,47+,48+/m0/s1. The minimum Gasteiger partial charge on any atom is -0.547 e. The van der Waals surface area contributed by atoms with Crippen molar-refractivity contribution in [1.29, 1.82) is 0 Å². The Balaban J connectivity index is 1.32. The van der Waals surface area contributed by atoms with Crippen LogP contribution >= 0.6 is 0 Å². The number of amides is 1. The molecule has 6 rings (SSSR count). The molecule has 3 aromatic carbocycles. The van der Waals surface area contributed by atoms with Gasteiger partial charge in [-0.25, -0.2) is 4.79 Å². The third-order valence-corrected chi connectivity index (χ3v) is 23.0. The summed E-state index contributed by atoms with van der Waals surface area (Å²) in [4.78, 5) is 15.9. The molecular weight excluding hydrogens is 851 g/mol. The van der Waals surface area contributed by atoms with Gasteiger partial charge in [0.05, 0.1) is 62.6 Å². The Morgan fingerprint density at radius 2 is 1.42 bits per heavy atom. The Bertz CT molecular complexity index is 1980. The lowest BCUT2D eigenvalue weighted by Gasteiger charge is -2.49. The van der Waals surface area contributed by atoms with Crippen molar-refractivity contribution in [3.05, 3.63) is 102 Å². The summed E-state index contributed by atoms with van der Waals surface area (Å²) < 4.78 is 53.2. The third-order valence-electron chi connectivity index (χ3n) is 13.5. The van der Waals surface area contributed by atoms with Crippen LogP contribution in [0.4, 0.5) is 4.79 Å². The molecule has 0 unspecified atom stereocenters. The van der Waals surface area contributed by atoms with Gasteiger partial charge in [0.1, 0.15) is 17.1 Å².